The van der Waals surface area contributed by atoms with E-state index in [-0.39, 0.29) is 22.6 Å². The standard InChI is InChI=1S/C24H28ClN3O5S/c1-17-4-9-21(15-22(17)34(31,32)28-11-13-33-14-12-28)26-23(29)19-3-2-10-27(16-19)24(30)18-5-7-20(25)8-6-18/h4-9,15,19H,2-3,10-14,16H2,1H3,(H,26,29)/t19-/m1/s1. The Hall–Kier alpha value is -2.46. The van der Waals surface area contributed by atoms with E-state index in [0.29, 0.717) is 74.1 Å². The SMILES string of the molecule is Cc1ccc(NC(=O)[C@@H]2CCCN(C(=O)c3ccc(Cl)cc3)C2)cc1S(=O)(=O)N1CCOCC1. The van der Waals surface area contributed by atoms with Crippen LogP contribution in [0.4, 0.5) is 5.69 Å². The molecule has 0 spiro atoms. The largest absolute Gasteiger partial charge is 0.379 e. The van der Waals surface area contributed by atoms with Crippen LogP contribution >= 0.6 is 11.6 Å². The summed E-state index contributed by atoms with van der Waals surface area (Å²) in [5, 5.41) is 3.42. The Bertz CT molecular complexity index is 1160. The molecule has 0 aromatic heterocycles. The zero-order valence-corrected chi connectivity index (χ0v) is 20.6. The molecule has 0 saturated carbocycles. The monoisotopic (exact) mass is 505 g/mol. The maximum atomic E-state index is 13.1. The van der Waals surface area contributed by atoms with Crippen LogP contribution < -0.4 is 5.32 Å². The number of nitrogens with one attached hydrogen (secondary N) is 1. The fourth-order valence-electron chi connectivity index (χ4n) is 4.28. The van der Waals surface area contributed by atoms with Crippen molar-refractivity contribution >= 4 is 39.1 Å². The smallest absolute Gasteiger partial charge is 0.253 e. The van der Waals surface area contributed by atoms with E-state index in [1.807, 2.05) is 0 Å². The van der Waals surface area contributed by atoms with Gasteiger partial charge in [0.25, 0.3) is 5.91 Å². The van der Waals surface area contributed by atoms with Gasteiger partial charge in [0, 0.05) is 42.5 Å². The molecule has 2 aliphatic rings. The molecule has 2 fully saturated rings. The molecule has 2 aliphatic heterocycles. The summed E-state index contributed by atoms with van der Waals surface area (Å²) >= 11 is 5.91. The molecule has 2 aromatic rings. The first-order valence-corrected chi connectivity index (χ1v) is 13.1. The van der Waals surface area contributed by atoms with Crippen LogP contribution in [0.3, 0.4) is 0 Å². The summed E-state index contributed by atoms with van der Waals surface area (Å²) in [5.74, 6) is -0.749. The summed E-state index contributed by atoms with van der Waals surface area (Å²) in [7, 11) is -3.69. The number of piperidine rings is 1. The van der Waals surface area contributed by atoms with Gasteiger partial charge < -0.3 is 15.0 Å². The van der Waals surface area contributed by atoms with Gasteiger partial charge in [-0.3, -0.25) is 9.59 Å². The Labute approximate surface area is 204 Å². The van der Waals surface area contributed by atoms with Gasteiger partial charge >= 0.3 is 0 Å². The summed E-state index contributed by atoms with van der Waals surface area (Å²) in [6.07, 6.45) is 1.36. The normalized spacial score (nSPS) is 19.6. The summed E-state index contributed by atoms with van der Waals surface area (Å²) in [4.78, 5) is 27.7. The number of rotatable bonds is 5. The molecule has 0 radical (unpaired) electrons. The molecular weight excluding hydrogens is 478 g/mol. The Balaban J connectivity index is 1.45. The minimum absolute atomic E-state index is 0.136. The van der Waals surface area contributed by atoms with E-state index in [2.05, 4.69) is 5.32 Å². The first-order valence-electron chi connectivity index (χ1n) is 11.3. The molecule has 1 N–H and O–H groups in total. The lowest BCUT2D eigenvalue weighted by molar-refractivity contribution is -0.121. The van der Waals surface area contributed by atoms with Gasteiger partial charge in [0.1, 0.15) is 0 Å². The third kappa shape index (κ3) is 5.43. The Morgan fingerprint density at radius 2 is 1.76 bits per heavy atom. The average molecular weight is 506 g/mol. The van der Waals surface area contributed by atoms with E-state index in [0.717, 1.165) is 0 Å². The van der Waals surface area contributed by atoms with Crippen molar-refractivity contribution < 1.29 is 22.7 Å². The van der Waals surface area contributed by atoms with E-state index in [4.69, 9.17) is 16.3 Å². The molecule has 10 heteroatoms. The van der Waals surface area contributed by atoms with Crippen LogP contribution in [-0.2, 0) is 19.6 Å². The quantitative estimate of drug-likeness (QED) is 0.673. The number of carbonyl (C=O) groups excluding carboxylic acids is 2. The molecule has 182 valence electrons. The average Bonchev–Trinajstić information content (AvgIpc) is 2.85. The van der Waals surface area contributed by atoms with Gasteiger partial charge in [-0.1, -0.05) is 17.7 Å². The van der Waals surface area contributed by atoms with Crippen LogP contribution in [0.25, 0.3) is 0 Å². The van der Waals surface area contributed by atoms with Crippen LogP contribution in [0.1, 0.15) is 28.8 Å². The third-order valence-electron chi connectivity index (χ3n) is 6.21. The number of aryl methyl sites for hydroxylation is 1. The molecule has 34 heavy (non-hydrogen) atoms. The second-order valence-electron chi connectivity index (χ2n) is 8.58. The number of carbonyl (C=O) groups is 2. The molecule has 0 unspecified atom stereocenters. The molecule has 1 atom stereocenters. The van der Waals surface area contributed by atoms with Crippen molar-refractivity contribution in [2.24, 2.45) is 5.92 Å². The first-order chi connectivity index (χ1) is 16.3. The number of halogens is 1. The van der Waals surface area contributed by atoms with Crippen molar-refractivity contribution in [1.82, 2.24) is 9.21 Å². The van der Waals surface area contributed by atoms with Crippen molar-refractivity contribution in [3.05, 3.63) is 58.6 Å². The predicted molar refractivity (Wildman–Crippen MR) is 129 cm³/mol. The van der Waals surface area contributed by atoms with Crippen LogP contribution in [0.5, 0.6) is 0 Å². The van der Waals surface area contributed by atoms with Gasteiger partial charge in [-0.25, -0.2) is 8.42 Å². The molecule has 2 amide bonds. The van der Waals surface area contributed by atoms with Crippen molar-refractivity contribution in [2.45, 2.75) is 24.7 Å². The molecule has 4 rings (SSSR count). The molecule has 2 heterocycles. The minimum Gasteiger partial charge on any atom is -0.379 e. The lowest BCUT2D eigenvalue weighted by Gasteiger charge is -2.32. The number of morpholine rings is 1. The number of likely N-dealkylation sites (tertiary alicyclic amines) is 1. The predicted octanol–water partition coefficient (Wildman–Crippen LogP) is 3.16. The zero-order chi connectivity index (χ0) is 24.3. The number of amides is 2. The van der Waals surface area contributed by atoms with Crippen molar-refractivity contribution in [3.63, 3.8) is 0 Å². The Morgan fingerprint density at radius 3 is 2.47 bits per heavy atom. The second kappa shape index (κ2) is 10.4. The molecule has 2 saturated heterocycles. The van der Waals surface area contributed by atoms with Crippen molar-refractivity contribution in [3.8, 4) is 0 Å². The number of sulfonamides is 1. The van der Waals surface area contributed by atoms with Gasteiger partial charge in [-0.2, -0.15) is 4.31 Å². The van der Waals surface area contributed by atoms with Gasteiger partial charge in [0.05, 0.1) is 24.0 Å². The highest BCUT2D eigenvalue weighted by atomic mass is 35.5. The highest BCUT2D eigenvalue weighted by Gasteiger charge is 2.31. The molecule has 8 nitrogen and oxygen atoms in total. The van der Waals surface area contributed by atoms with E-state index in [1.165, 1.54) is 10.4 Å². The molecular formula is C24H28ClN3O5S. The van der Waals surface area contributed by atoms with Gasteiger partial charge in [-0.15, -0.1) is 0 Å². The summed E-state index contributed by atoms with van der Waals surface area (Å²) in [6.45, 7) is 3.95. The minimum atomic E-state index is -3.69. The summed E-state index contributed by atoms with van der Waals surface area (Å²) in [5.41, 5.74) is 1.56. The van der Waals surface area contributed by atoms with Crippen LogP contribution in [0.2, 0.25) is 5.02 Å². The van der Waals surface area contributed by atoms with E-state index in [9.17, 15) is 18.0 Å². The fourth-order valence-corrected chi connectivity index (χ4v) is 6.06. The first kappa shape index (κ1) is 24.7. The number of hydrogen-bond acceptors (Lipinski definition) is 5. The van der Waals surface area contributed by atoms with E-state index in [1.54, 1.807) is 48.2 Å². The number of anilines is 1. The number of benzene rings is 2. The molecule has 0 aliphatic carbocycles. The Kier molecular flexibility index (Phi) is 7.57. The molecule has 0 bridgehead atoms. The number of ether oxygens (including phenoxy) is 1. The van der Waals surface area contributed by atoms with E-state index < -0.39 is 10.0 Å². The fraction of sp³-hybridized carbons (Fsp3) is 0.417. The van der Waals surface area contributed by atoms with Crippen molar-refractivity contribution in [1.29, 1.82) is 0 Å². The lowest BCUT2D eigenvalue weighted by atomic mass is 9.96. The van der Waals surface area contributed by atoms with Gasteiger partial charge in [0.15, 0.2) is 0 Å². The lowest BCUT2D eigenvalue weighted by Crippen LogP contribution is -2.43. The highest BCUT2D eigenvalue weighted by molar-refractivity contribution is 7.89. The van der Waals surface area contributed by atoms with Gasteiger partial charge in [0.2, 0.25) is 15.9 Å². The number of nitrogens with zero attached hydrogens (tertiary/aromatic N) is 2. The van der Waals surface area contributed by atoms with Crippen LogP contribution in [-0.4, -0.2) is 68.8 Å². The third-order valence-corrected chi connectivity index (χ3v) is 8.51. The highest BCUT2D eigenvalue weighted by Crippen LogP contribution is 2.26. The number of hydrogen-bond donors (Lipinski definition) is 1. The van der Waals surface area contributed by atoms with Crippen molar-refractivity contribution in [2.75, 3.05) is 44.7 Å². The zero-order valence-electron chi connectivity index (χ0n) is 19.0. The second-order valence-corrected chi connectivity index (χ2v) is 10.9. The maximum absolute atomic E-state index is 13.1. The summed E-state index contributed by atoms with van der Waals surface area (Å²) in [6, 6.07) is 11.6. The topological polar surface area (TPSA) is 96.0 Å². The maximum Gasteiger partial charge on any atom is 0.253 e. The molecule has 2 aromatic carbocycles. The van der Waals surface area contributed by atoms with Crippen LogP contribution in [0.15, 0.2) is 47.4 Å². The van der Waals surface area contributed by atoms with Crippen LogP contribution in [0, 0.1) is 12.8 Å². The Morgan fingerprint density at radius 1 is 1.06 bits per heavy atom. The summed E-state index contributed by atoms with van der Waals surface area (Å²) < 4.78 is 32.9. The van der Waals surface area contributed by atoms with E-state index >= 15 is 0 Å². The van der Waals surface area contributed by atoms with Gasteiger partial charge in [-0.05, 0) is 61.7 Å².